The van der Waals surface area contributed by atoms with E-state index < -0.39 is 52.0 Å². The van der Waals surface area contributed by atoms with Crippen molar-refractivity contribution in [2.24, 2.45) is 16.6 Å². The first-order valence-electron chi connectivity index (χ1n) is 13.0. The van der Waals surface area contributed by atoms with Crippen LogP contribution in [-0.4, -0.2) is 83.2 Å². The van der Waals surface area contributed by atoms with Gasteiger partial charge in [-0.3, -0.25) is 0 Å². The fourth-order valence-electron chi connectivity index (χ4n) is 4.17. The van der Waals surface area contributed by atoms with Crippen molar-refractivity contribution in [3.05, 3.63) is 66.3 Å². The number of benzene rings is 1. The molecule has 1 heterocycles. The van der Waals surface area contributed by atoms with Crippen LogP contribution in [0, 0.1) is 5.92 Å². The van der Waals surface area contributed by atoms with E-state index in [0.717, 1.165) is 17.7 Å². The Bertz CT molecular complexity index is 1390. The minimum Gasteiger partial charge on any atom is -0.484 e. The molecule has 2 aliphatic rings. The quantitative estimate of drug-likeness (QED) is 0.348. The minimum atomic E-state index is -4.77. The number of alkyl halides is 6. The van der Waals surface area contributed by atoms with Gasteiger partial charge in [0.2, 0.25) is 10.0 Å². The van der Waals surface area contributed by atoms with Crippen molar-refractivity contribution in [1.29, 1.82) is 0 Å². The number of halogens is 6. The van der Waals surface area contributed by atoms with Gasteiger partial charge in [0.15, 0.2) is 13.2 Å². The molecule has 3 rings (SSSR count). The molecule has 3 N–H and O–H groups in total. The second-order valence-corrected chi connectivity index (χ2v) is 11.8. The molecule has 0 bridgehead atoms. The standard InChI is InChI=1S/C27H33F6N5O4S/c1-18(36-22-7-5-4-6-21(22)25(34)37(2)3)38-12-10-19(11-13-38)15-35-43(39,40)24-14-20(41-16-26(28,29)30)8-9-23(24)42-17-27(31,32)33/h4-9,14,19,35H,1,10-13,15-17,34H2,2-3H3/b25-21+,36-22-. The van der Waals surface area contributed by atoms with Gasteiger partial charge < -0.3 is 25.0 Å². The summed E-state index contributed by atoms with van der Waals surface area (Å²) in [6.45, 7) is 1.49. The highest BCUT2D eigenvalue weighted by Crippen LogP contribution is 2.31. The lowest BCUT2D eigenvalue weighted by molar-refractivity contribution is -0.154. The molecule has 0 unspecified atom stereocenters. The average molecular weight is 638 g/mol. The molecule has 43 heavy (non-hydrogen) atoms. The van der Waals surface area contributed by atoms with Gasteiger partial charge in [-0.25, -0.2) is 18.1 Å². The fourth-order valence-corrected chi connectivity index (χ4v) is 5.44. The van der Waals surface area contributed by atoms with E-state index in [0.29, 0.717) is 49.4 Å². The fraction of sp³-hybridized carbons (Fsp3) is 0.444. The smallest absolute Gasteiger partial charge is 0.422 e. The first-order chi connectivity index (χ1) is 19.9. The number of nitrogens with two attached hydrogens (primary N) is 1. The molecule has 1 fully saturated rings. The van der Waals surface area contributed by atoms with Crippen LogP contribution < -0.4 is 19.9 Å². The molecule has 1 aliphatic heterocycles. The van der Waals surface area contributed by atoms with Gasteiger partial charge in [0.05, 0.1) is 5.71 Å². The molecule has 16 heteroatoms. The summed E-state index contributed by atoms with van der Waals surface area (Å²) >= 11 is 0. The zero-order valence-electron chi connectivity index (χ0n) is 23.5. The number of aliphatic imine (C=N–C) groups is 1. The summed E-state index contributed by atoms with van der Waals surface area (Å²) in [4.78, 5) is 7.57. The summed E-state index contributed by atoms with van der Waals surface area (Å²) < 4.78 is 114. The Balaban J connectivity index is 1.66. The molecule has 0 radical (unpaired) electrons. The van der Waals surface area contributed by atoms with E-state index in [4.69, 9.17) is 5.73 Å². The number of sulfonamides is 1. The van der Waals surface area contributed by atoms with Crippen molar-refractivity contribution in [3.63, 3.8) is 0 Å². The number of piperidine rings is 1. The highest BCUT2D eigenvalue weighted by molar-refractivity contribution is 7.89. The van der Waals surface area contributed by atoms with Crippen molar-refractivity contribution in [1.82, 2.24) is 14.5 Å². The molecule has 0 spiro atoms. The van der Waals surface area contributed by atoms with Gasteiger partial charge in [0.25, 0.3) is 0 Å². The van der Waals surface area contributed by atoms with Crippen molar-refractivity contribution in [3.8, 4) is 11.5 Å². The lowest BCUT2D eigenvalue weighted by Crippen LogP contribution is -2.38. The Morgan fingerprint density at radius 3 is 2.28 bits per heavy atom. The Labute approximate surface area is 246 Å². The number of ether oxygens (including phenoxy) is 2. The van der Waals surface area contributed by atoms with Crippen LogP contribution >= 0.6 is 0 Å². The molecular weight excluding hydrogens is 604 g/mol. The summed E-state index contributed by atoms with van der Waals surface area (Å²) in [7, 11) is -0.868. The second kappa shape index (κ2) is 13.8. The number of likely N-dealkylation sites (tertiary alicyclic amines) is 1. The number of hydrogen-bond donors (Lipinski definition) is 2. The molecular formula is C27H33F6N5O4S. The molecule has 0 amide bonds. The Kier molecular flexibility index (Phi) is 10.8. The number of nitrogens with one attached hydrogen (secondary N) is 1. The monoisotopic (exact) mass is 637 g/mol. The van der Waals surface area contributed by atoms with Crippen molar-refractivity contribution in [2.45, 2.75) is 30.1 Å². The van der Waals surface area contributed by atoms with Gasteiger partial charge in [-0.2, -0.15) is 26.3 Å². The predicted octanol–water partition coefficient (Wildman–Crippen LogP) is 4.33. The molecule has 0 saturated carbocycles. The van der Waals surface area contributed by atoms with Crippen molar-refractivity contribution in [2.75, 3.05) is 46.9 Å². The van der Waals surface area contributed by atoms with Crippen LogP contribution in [-0.2, 0) is 10.0 Å². The van der Waals surface area contributed by atoms with Crippen LogP contribution in [0.15, 0.2) is 76.2 Å². The van der Waals surface area contributed by atoms with Gasteiger partial charge in [0, 0.05) is 45.4 Å². The Hall–Kier alpha value is -3.66. The highest BCUT2D eigenvalue weighted by Gasteiger charge is 2.32. The molecule has 1 aliphatic carbocycles. The molecule has 1 aromatic rings. The summed E-state index contributed by atoms with van der Waals surface area (Å²) in [6, 6.07) is 2.42. The van der Waals surface area contributed by atoms with Crippen molar-refractivity contribution < 1.29 is 44.2 Å². The molecule has 1 saturated heterocycles. The van der Waals surface area contributed by atoms with Crippen LogP contribution in [0.4, 0.5) is 26.3 Å². The van der Waals surface area contributed by atoms with Gasteiger partial charge >= 0.3 is 12.4 Å². The predicted molar refractivity (Wildman–Crippen MR) is 149 cm³/mol. The van der Waals surface area contributed by atoms with Gasteiger partial charge in [0.1, 0.15) is 28.0 Å². The van der Waals surface area contributed by atoms with Crippen LogP contribution in [0.3, 0.4) is 0 Å². The molecule has 0 aromatic heterocycles. The SMILES string of the molecule is C=C(/N=C1/C=CC=C/C1=C(/N)N(C)C)N1CCC(CNS(=O)(=O)c2cc(OCC(F)(F)F)ccc2OCC(F)(F)F)CC1. The molecule has 9 nitrogen and oxygen atoms in total. The summed E-state index contributed by atoms with van der Waals surface area (Å²) in [6.07, 6.45) is -1.08. The zero-order valence-corrected chi connectivity index (χ0v) is 24.3. The first-order valence-corrected chi connectivity index (χ1v) is 14.5. The maximum atomic E-state index is 13.1. The Morgan fingerprint density at radius 1 is 1.07 bits per heavy atom. The van der Waals surface area contributed by atoms with Crippen LogP contribution in [0.5, 0.6) is 11.5 Å². The number of rotatable bonds is 11. The van der Waals surface area contributed by atoms with E-state index in [1.165, 1.54) is 0 Å². The van der Waals surface area contributed by atoms with E-state index in [2.05, 4.69) is 25.8 Å². The summed E-state index contributed by atoms with van der Waals surface area (Å²) in [5, 5.41) is 0. The zero-order chi connectivity index (χ0) is 32.0. The van der Waals surface area contributed by atoms with E-state index >= 15 is 0 Å². The van der Waals surface area contributed by atoms with Gasteiger partial charge in [-0.15, -0.1) is 0 Å². The first kappa shape index (κ1) is 33.8. The molecule has 0 atom stereocenters. The summed E-state index contributed by atoms with van der Waals surface area (Å²) in [5.74, 6) is -0.292. The highest BCUT2D eigenvalue weighted by atomic mass is 32.2. The van der Waals surface area contributed by atoms with Gasteiger partial charge in [-0.1, -0.05) is 18.7 Å². The number of allylic oxidation sites excluding steroid dienone is 5. The van der Waals surface area contributed by atoms with E-state index in [9.17, 15) is 34.8 Å². The molecule has 238 valence electrons. The average Bonchev–Trinajstić information content (AvgIpc) is 2.93. The third kappa shape index (κ3) is 10.2. The normalized spacial score (nSPS) is 18.6. The van der Waals surface area contributed by atoms with Crippen LogP contribution in [0.1, 0.15) is 12.8 Å². The maximum Gasteiger partial charge on any atom is 0.422 e. The summed E-state index contributed by atoms with van der Waals surface area (Å²) in [5.41, 5.74) is 7.56. The third-order valence-corrected chi connectivity index (χ3v) is 7.90. The molecule has 1 aromatic carbocycles. The maximum absolute atomic E-state index is 13.1. The lowest BCUT2D eigenvalue weighted by atomic mass is 9.97. The number of hydrogen-bond acceptors (Lipinski definition) is 8. The van der Waals surface area contributed by atoms with E-state index in [1.54, 1.807) is 4.90 Å². The van der Waals surface area contributed by atoms with Gasteiger partial charge in [-0.05, 0) is 43.0 Å². The van der Waals surface area contributed by atoms with Crippen molar-refractivity contribution >= 4 is 15.7 Å². The van der Waals surface area contributed by atoms with E-state index in [1.807, 2.05) is 43.3 Å². The van der Waals surface area contributed by atoms with Crippen LogP contribution in [0.25, 0.3) is 0 Å². The Morgan fingerprint density at radius 2 is 1.67 bits per heavy atom. The number of nitrogens with zero attached hydrogens (tertiary/aromatic N) is 3. The largest absolute Gasteiger partial charge is 0.484 e. The topological polar surface area (TPSA) is 109 Å². The minimum absolute atomic E-state index is 0.0662. The third-order valence-electron chi connectivity index (χ3n) is 6.45. The lowest BCUT2D eigenvalue weighted by Gasteiger charge is -2.33. The van der Waals surface area contributed by atoms with E-state index in [-0.39, 0.29) is 12.5 Å². The second-order valence-electron chi connectivity index (χ2n) is 10.0. The van der Waals surface area contributed by atoms with Crippen LogP contribution in [0.2, 0.25) is 0 Å².